The number of carbonyl (C=O) groups is 2. The van der Waals surface area contributed by atoms with Crippen LogP contribution in [0.2, 0.25) is 0 Å². The lowest BCUT2D eigenvalue weighted by Crippen LogP contribution is -2.48. The van der Waals surface area contributed by atoms with Gasteiger partial charge in [-0.05, 0) is 44.0 Å². The second kappa shape index (κ2) is 9.41. The first kappa shape index (κ1) is 22.7. The third-order valence-corrected chi connectivity index (χ3v) is 5.57. The lowest BCUT2D eigenvalue weighted by atomic mass is 9.88. The van der Waals surface area contributed by atoms with Crippen molar-refractivity contribution in [3.8, 4) is 5.75 Å². The number of nitrogens with zero attached hydrogens (tertiary/aromatic N) is 2. The van der Waals surface area contributed by atoms with Crippen LogP contribution < -0.4 is 10.1 Å². The number of urea groups is 1. The molecule has 0 aromatic heterocycles. The van der Waals surface area contributed by atoms with E-state index in [1.54, 1.807) is 16.9 Å². The molecule has 0 unspecified atom stereocenters. The maximum atomic E-state index is 13.5. The third kappa shape index (κ3) is 5.78. The fourth-order valence-electron chi connectivity index (χ4n) is 4.05. The summed E-state index contributed by atoms with van der Waals surface area (Å²) in [6.07, 6.45) is 0. The van der Waals surface area contributed by atoms with Crippen LogP contribution in [0.1, 0.15) is 37.8 Å². The van der Waals surface area contributed by atoms with Gasteiger partial charge in [0.1, 0.15) is 5.75 Å². The molecule has 1 saturated heterocycles. The summed E-state index contributed by atoms with van der Waals surface area (Å²) in [5, 5.41) is 3.02. The molecule has 0 spiro atoms. The molecule has 3 amide bonds. The predicted molar refractivity (Wildman–Crippen MR) is 122 cm³/mol. The van der Waals surface area contributed by atoms with Crippen molar-refractivity contribution in [3.63, 3.8) is 0 Å². The zero-order valence-electron chi connectivity index (χ0n) is 19.1. The second-order valence-electron chi connectivity index (χ2n) is 9.25. The molecule has 0 bridgehead atoms. The lowest BCUT2D eigenvalue weighted by Gasteiger charge is -2.26. The number of rotatable bonds is 5. The van der Waals surface area contributed by atoms with Crippen LogP contribution >= 0.6 is 0 Å². The monoisotopic (exact) mass is 423 g/mol. The Bertz CT molecular complexity index is 908. The Morgan fingerprint density at radius 3 is 2.45 bits per heavy atom. The first-order chi connectivity index (χ1) is 14.7. The van der Waals surface area contributed by atoms with Gasteiger partial charge in [0, 0.05) is 38.1 Å². The number of benzene rings is 2. The zero-order chi connectivity index (χ0) is 22.6. The Labute approximate surface area is 185 Å². The molecule has 166 valence electrons. The third-order valence-electron chi connectivity index (χ3n) is 5.57. The van der Waals surface area contributed by atoms with Crippen LogP contribution in [0.15, 0.2) is 54.6 Å². The standard InChI is InChI=1S/C25H33N3O3/c1-25(2,3)26-24(30)28-16-21(19-12-9-13-20(14-19)31-5)22(17-28)23(29)27(4)15-18-10-7-6-8-11-18/h6-14,21-22H,15-17H2,1-5H3,(H,26,30)/t21-,22-/m1/s1. The van der Waals surface area contributed by atoms with Crippen molar-refractivity contribution in [1.29, 1.82) is 0 Å². The van der Waals surface area contributed by atoms with Gasteiger partial charge in [-0.2, -0.15) is 0 Å². The summed E-state index contributed by atoms with van der Waals surface area (Å²) in [6.45, 7) is 7.28. The van der Waals surface area contributed by atoms with Crippen molar-refractivity contribution in [2.45, 2.75) is 38.8 Å². The summed E-state index contributed by atoms with van der Waals surface area (Å²) in [4.78, 5) is 29.9. The average molecular weight is 424 g/mol. The lowest BCUT2D eigenvalue weighted by molar-refractivity contribution is -0.134. The first-order valence-corrected chi connectivity index (χ1v) is 10.7. The average Bonchev–Trinajstić information content (AvgIpc) is 3.18. The molecule has 2 atom stereocenters. The summed E-state index contributed by atoms with van der Waals surface area (Å²) in [5.41, 5.74) is 1.75. The summed E-state index contributed by atoms with van der Waals surface area (Å²) < 4.78 is 5.39. The molecule has 1 aliphatic rings. The number of hydrogen-bond donors (Lipinski definition) is 1. The van der Waals surface area contributed by atoms with Gasteiger partial charge in [-0.15, -0.1) is 0 Å². The minimum atomic E-state index is -0.339. The summed E-state index contributed by atoms with van der Waals surface area (Å²) in [5.74, 6) is 0.389. The summed E-state index contributed by atoms with van der Waals surface area (Å²) in [7, 11) is 3.46. The number of nitrogens with one attached hydrogen (secondary N) is 1. The Kier molecular flexibility index (Phi) is 6.88. The zero-order valence-corrected chi connectivity index (χ0v) is 19.1. The minimum absolute atomic E-state index is 0.0442. The van der Waals surface area contributed by atoms with Gasteiger partial charge >= 0.3 is 6.03 Å². The fourth-order valence-corrected chi connectivity index (χ4v) is 4.05. The molecule has 0 aliphatic carbocycles. The van der Waals surface area contributed by atoms with E-state index in [2.05, 4.69) is 5.32 Å². The van der Waals surface area contributed by atoms with Crippen LogP contribution in [0.4, 0.5) is 4.79 Å². The fraction of sp³-hybridized carbons (Fsp3) is 0.440. The maximum absolute atomic E-state index is 13.5. The van der Waals surface area contributed by atoms with Gasteiger partial charge in [-0.25, -0.2) is 4.79 Å². The molecule has 1 aliphatic heterocycles. The number of likely N-dealkylation sites (tertiary alicyclic amines) is 1. The normalized spacial score (nSPS) is 18.5. The van der Waals surface area contributed by atoms with Crippen molar-refractivity contribution in [2.75, 3.05) is 27.2 Å². The molecule has 1 fully saturated rings. The first-order valence-electron chi connectivity index (χ1n) is 10.7. The van der Waals surface area contributed by atoms with Crippen LogP contribution in [0.5, 0.6) is 5.75 Å². The molecule has 2 aromatic carbocycles. The van der Waals surface area contributed by atoms with E-state index in [0.29, 0.717) is 19.6 Å². The highest BCUT2D eigenvalue weighted by Gasteiger charge is 2.42. The van der Waals surface area contributed by atoms with Gasteiger partial charge in [-0.1, -0.05) is 42.5 Å². The number of amides is 3. The molecule has 2 aromatic rings. The van der Waals surface area contributed by atoms with Gasteiger partial charge < -0.3 is 19.9 Å². The van der Waals surface area contributed by atoms with E-state index in [0.717, 1.165) is 16.9 Å². The van der Waals surface area contributed by atoms with Crippen LogP contribution in [0, 0.1) is 5.92 Å². The van der Waals surface area contributed by atoms with Crippen LogP contribution in [0.3, 0.4) is 0 Å². The van der Waals surface area contributed by atoms with Crippen molar-refractivity contribution in [3.05, 3.63) is 65.7 Å². The van der Waals surface area contributed by atoms with Crippen molar-refractivity contribution in [2.24, 2.45) is 5.92 Å². The molecule has 1 N–H and O–H groups in total. The highest BCUT2D eigenvalue weighted by Crippen LogP contribution is 2.35. The maximum Gasteiger partial charge on any atom is 0.317 e. The van der Waals surface area contributed by atoms with Gasteiger partial charge in [0.2, 0.25) is 5.91 Å². The summed E-state index contributed by atoms with van der Waals surface area (Å²) >= 11 is 0. The molecular weight excluding hydrogens is 390 g/mol. The highest BCUT2D eigenvalue weighted by molar-refractivity contribution is 5.83. The molecule has 6 heteroatoms. The van der Waals surface area contributed by atoms with E-state index in [1.807, 2.05) is 82.4 Å². The highest BCUT2D eigenvalue weighted by atomic mass is 16.5. The second-order valence-corrected chi connectivity index (χ2v) is 9.25. The van der Waals surface area contributed by atoms with Crippen molar-refractivity contribution >= 4 is 11.9 Å². The van der Waals surface area contributed by atoms with E-state index in [1.165, 1.54) is 0 Å². The smallest absolute Gasteiger partial charge is 0.317 e. The van der Waals surface area contributed by atoms with Gasteiger partial charge in [0.05, 0.1) is 13.0 Å². The Morgan fingerprint density at radius 1 is 1.10 bits per heavy atom. The quantitative estimate of drug-likeness (QED) is 0.794. The van der Waals surface area contributed by atoms with Crippen molar-refractivity contribution in [1.82, 2.24) is 15.1 Å². The van der Waals surface area contributed by atoms with E-state index >= 15 is 0 Å². The van der Waals surface area contributed by atoms with Crippen LogP contribution in [-0.2, 0) is 11.3 Å². The predicted octanol–water partition coefficient (Wildman–Crippen LogP) is 3.88. The van der Waals surface area contributed by atoms with Crippen LogP contribution in [0.25, 0.3) is 0 Å². The molecule has 1 heterocycles. The Balaban J connectivity index is 1.84. The van der Waals surface area contributed by atoms with E-state index in [4.69, 9.17) is 4.74 Å². The van der Waals surface area contributed by atoms with Gasteiger partial charge in [-0.3, -0.25) is 4.79 Å². The van der Waals surface area contributed by atoms with Gasteiger partial charge in [0.25, 0.3) is 0 Å². The van der Waals surface area contributed by atoms with E-state index in [-0.39, 0.29) is 29.3 Å². The Hall–Kier alpha value is -3.02. The van der Waals surface area contributed by atoms with Crippen molar-refractivity contribution < 1.29 is 14.3 Å². The minimum Gasteiger partial charge on any atom is -0.497 e. The van der Waals surface area contributed by atoms with Gasteiger partial charge in [0.15, 0.2) is 0 Å². The number of hydrogen-bond acceptors (Lipinski definition) is 3. The van der Waals surface area contributed by atoms with E-state index < -0.39 is 0 Å². The molecule has 0 saturated carbocycles. The number of methoxy groups -OCH3 is 1. The van der Waals surface area contributed by atoms with E-state index in [9.17, 15) is 9.59 Å². The Morgan fingerprint density at radius 2 is 1.81 bits per heavy atom. The molecule has 0 radical (unpaired) electrons. The molecular formula is C25H33N3O3. The molecule has 6 nitrogen and oxygen atoms in total. The molecule has 3 rings (SSSR count). The SMILES string of the molecule is COc1cccc([C@H]2CN(C(=O)NC(C)(C)C)C[C@H]2C(=O)N(C)Cc2ccccc2)c1. The largest absolute Gasteiger partial charge is 0.497 e. The molecule has 31 heavy (non-hydrogen) atoms. The summed E-state index contributed by atoms with van der Waals surface area (Å²) in [6, 6.07) is 17.6. The van der Waals surface area contributed by atoms with Crippen LogP contribution in [-0.4, -0.2) is 54.5 Å². The topological polar surface area (TPSA) is 61.9 Å². The number of carbonyl (C=O) groups excluding carboxylic acids is 2. The number of ether oxygens (including phenoxy) is 1.